The van der Waals surface area contributed by atoms with Crippen LogP contribution in [0.3, 0.4) is 0 Å². The molecule has 0 unspecified atom stereocenters. The molecular formula is C13H22N4. The average molecular weight is 234 g/mol. The molecule has 1 aromatic heterocycles. The van der Waals surface area contributed by atoms with Gasteiger partial charge < -0.3 is 5.32 Å². The van der Waals surface area contributed by atoms with Gasteiger partial charge in [0.05, 0.1) is 6.54 Å². The van der Waals surface area contributed by atoms with Crippen molar-refractivity contribution >= 4 is 0 Å². The van der Waals surface area contributed by atoms with Gasteiger partial charge in [-0.15, -0.1) is 0 Å². The molecule has 0 bridgehead atoms. The number of aromatic nitrogens is 3. The van der Waals surface area contributed by atoms with E-state index in [1.54, 1.807) is 6.33 Å². The van der Waals surface area contributed by atoms with Crippen LogP contribution in [0.5, 0.6) is 0 Å². The summed E-state index contributed by atoms with van der Waals surface area (Å²) in [6.07, 6.45) is 6.54. The highest BCUT2D eigenvalue weighted by Gasteiger charge is 2.21. The summed E-state index contributed by atoms with van der Waals surface area (Å²) in [6, 6.07) is 0. The summed E-state index contributed by atoms with van der Waals surface area (Å²) in [5, 5.41) is 7.56. The molecule has 1 aliphatic rings. The molecule has 94 valence electrons. The van der Waals surface area contributed by atoms with Crippen molar-refractivity contribution < 1.29 is 0 Å². The van der Waals surface area contributed by atoms with Crippen LogP contribution in [0.25, 0.3) is 0 Å². The van der Waals surface area contributed by atoms with E-state index in [2.05, 4.69) is 35.3 Å². The first-order valence-corrected chi connectivity index (χ1v) is 6.38. The van der Waals surface area contributed by atoms with Gasteiger partial charge >= 0.3 is 0 Å². The van der Waals surface area contributed by atoms with Crippen LogP contribution in [0.1, 0.15) is 32.5 Å². The molecule has 17 heavy (non-hydrogen) atoms. The van der Waals surface area contributed by atoms with Crippen LogP contribution < -0.4 is 5.32 Å². The Balaban J connectivity index is 1.84. The molecule has 4 heteroatoms. The molecule has 1 aliphatic carbocycles. The second-order valence-electron chi connectivity index (χ2n) is 5.04. The van der Waals surface area contributed by atoms with Gasteiger partial charge in [-0.05, 0) is 31.6 Å². The summed E-state index contributed by atoms with van der Waals surface area (Å²) in [4.78, 5) is 4.21. The van der Waals surface area contributed by atoms with Gasteiger partial charge in [0, 0.05) is 13.6 Å². The molecule has 4 nitrogen and oxygen atoms in total. The Hall–Kier alpha value is -1.16. The molecule has 1 N–H and O–H groups in total. The highest BCUT2D eigenvalue weighted by molar-refractivity contribution is 5.09. The lowest BCUT2D eigenvalue weighted by Gasteiger charge is -2.28. The largest absolute Gasteiger partial charge is 0.309 e. The van der Waals surface area contributed by atoms with Crippen molar-refractivity contribution in [3.63, 3.8) is 0 Å². The maximum atomic E-state index is 4.21. The zero-order valence-electron chi connectivity index (χ0n) is 11.0. The number of allylic oxidation sites excluding steroid dienone is 1. The summed E-state index contributed by atoms with van der Waals surface area (Å²) in [6.45, 7) is 6.44. The van der Waals surface area contributed by atoms with Gasteiger partial charge in [-0.25, -0.2) is 4.98 Å². The van der Waals surface area contributed by atoms with E-state index < -0.39 is 0 Å². The van der Waals surface area contributed by atoms with Crippen molar-refractivity contribution in [1.82, 2.24) is 20.1 Å². The molecule has 2 rings (SSSR count). The maximum Gasteiger partial charge on any atom is 0.140 e. The Labute approximate surface area is 103 Å². The third kappa shape index (κ3) is 2.94. The van der Waals surface area contributed by atoms with Gasteiger partial charge in [0.15, 0.2) is 0 Å². The van der Waals surface area contributed by atoms with Crippen molar-refractivity contribution in [3.8, 4) is 0 Å². The Morgan fingerprint density at radius 3 is 3.00 bits per heavy atom. The van der Waals surface area contributed by atoms with E-state index in [4.69, 9.17) is 0 Å². The maximum absolute atomic E-state index is 4.21. The van der Waals surface area contributed by atoms with E-state index in [0.29, 0.717) is 5.92 Å². The standard InChI is InChI=1S/C13H22N4/c1-10-5-4-6-11(2)12(10)7-14-8-13-15-9-16-17(13)3/h5,9,11-12,14H,4,6-8H2,1-3H3/t11-,12-/m0/s1. The van der Waals surface area contributed by atoms with Crippen molar-refractivity contribution in [3.05, 3.63) is 23.8 Å². The zero-order chi connectivity index (χ0) is 12.3. The number of nitrogens with zero attached hydrogens (tertiary/aromatic N) is 3. The third-order valence-corrected chi connectivity index (χ3v) is 3.81. The summed E-state index contributed by atoms with van der Waals surface area (Å²) < 4.78 is 1.82. The first-order valence-electron chi connectivity index (χ1n) is 6.38. The lowest BCUT2D eigenvalue weighted by Crippen LogP contribution is -2.30. The number of nitrogens with one attached hydrogen (secondary N) is 1. The van der Waals surface area contributed by atoms with Gasteiger partial charge in [-0.3, -0.25) is 4.68 Å². The minimum atomic E-state index is 0.678. The van der Waals surface area contributed by atoms with Gasteiger partial charge in [-0.1, -0.05) is 18.6 Å². The highest BCUT2D eigenvalue weighted by atomic mass is 15.3. The van der Waals surface area contributed by atoms with Crippen LogP contribution in [0.2, 0.25) is 0 Å². The molecule has 1 heterocycles. The topological polar surface area (TPSA) is 42.7 Å². The second kappa shape index (κ2) is 5.45. The first kappa shape index (κ1) is 12.3. The van der Waals surface area contributed by atoms with E-state index in [9.17, 15) is 0 Å². The smallest absolute Gasteiger partial charge is 0.140 e. The third-order valence-electron chi connectivity index (χ3n) is 3.81. The molecular weight excluding hydrogens is 212 g/mol. The summed E-state index contributed by atoms with van der Waals surface area (Å²) >= 11 is 0. The van der Waals surface area contributed by atoms with E-state index >= 15 is 0 Å². The minimum Gasteiger partial charge on any atom is -0.309 e. The number of hydrogen-bond donors (Lipinski definition) is 1. The second-order valence-corrected chi connectivity index (χ2v) is 5.04. The van der Waals surface area contributed by atoms with Crippen LogP contribution in [-0.2, 0) is 13.6 Å². The van der Waals surface area contributed by atoms with Crippen molar-refractivity contribution in [2.75, 3.05) is 6.54 Å². The van der Waals surface area contributed by atoms with Crippen molar-refractivity contribution in [1.29, 1.82) is 0 Å². The molecule has 0 saturated heterocycles. The summed E-state index contributed by atoms with van der Waals surface area (Å²) in [5.41, 5.74) is 1.54. The van der Waals surface area contributed by atoms with E-state index in [0.717, 1.165) is 24.8 Å². The van der Waals surface area contributed by atoms with Crippen molar-refractivity contribution in [2.45, 2.75) is 33.2 Å². The van der Waals surface area contributed by atoms with Crippen LogP contribution in [0.15, 0.2) is 18.0 Å². The molecule has 0 aromatic carbocycles. The fourth-order valence-corrected chi connectivity index (χ4v) is 2.56. The van der Waals surface area contributed by atoms with Crippen LogP contribution in [0.4, 0.5) is 0 Å². The molecule has 2 atom stereocenters. The Bertz CT molecular complexity index is 394. The summed E-state index contributed by atoms with van der Waals surface area (Å²) in [7, 11) is 1.93. The predicted octanol–water partition coefficient (Wildman–Crippen LogP) is 1.90. The lowest BCUT2D eigenvalue weighted by molar-refractivity contribution is 0.348. The van der Waals surface area contributed by atoms with Crippen molar-refractivity contribution in [2.24, 2.45) is 18.9 Å². The SMILES string of the molecule is CC1=CCC[C@H](C)[C@H]1CNCc1ncnn1C. The normalized spacial score (nSPS) is 24.8. The molecule has 0 radical (unpaired) electrons. The molecule has 1 aromatic rings. The van der Waals surface area contributed by atoms with Crippen LogP contribution in [0, 0.1) is 11.8 Å². The fourth-order valence-electron chi connectivity index (χ4n) is 2.56. The molecule has 0 saturated carbocycles. The van der Waals surface area contributed by atoms with E-state index in [-0.39, 0.29) is 0 Å². The van der Waals surface area contributed by atoms with Gasteiger partial charge in [0.1, 0.15) is 12.2 Å². The molecule has 0 aliphatic heterocycles. The van der Waals surface area contributed by atoms with E-state index in [1.165, 1.54) is 18.4 Å². The predicted molar refractivity (Wildman–Crippen MR) is 68.4 cm³/mol. The zero-order valence-corrected chi connectivity index (χ0v) is 11.0. The van der Waals surface area contributed by atoms with Crippen LogP contribution >= 0.6 is 0 Å². The number of rotatable bonds is 4. The summed E-state index contributed by atoms with van der Waals surface area (Å²) in [5.74, 6) is 2.46. The number of hydrogen-bond acceptors (Lipinski definition) is 3. The Morgan fingerprint density at radius 2 is 2.35 bits per heavy atom. The fraction of sp³-hybridized carbons (Fsp3) is 0.692. The van der Waals surface area contributed by atoms with Gasteiger partial charge in [0.2, 0.25) is 0 Å². The molecule has 0 amide bonds. The average Bonchev–Trinajstić information content (AvgIpc) is 2.69. The van der Waals surface area contributed by atoms with Crippen LogP contribution in [-0.4, -0.2) is 21.3 Å². The Kier molecular flexibility index (Phi) is 3.94. The molecule has 0 spiro atoms. The molecule has 0 fully saturated rings. The monoisotopic (exact) mass is 234 g/mol. The van der Waals surface area contributed by atoms with Gasteiger partial charge in [0.25, 0.3) is 0 Å². The Morgan fingerprint density at radius 1 is 1.53 bits per heavy atom. The minimum absolute atomic E-state index is 0.678. The highest BCUT2D eigenvalue weighted by Crippen LogP contribution is 2.29. The first-order chi connectivity index (χ1) is 8.18. The van der Waals surface area contributed by atoms with E-state index in [1.807, 2.05) is 11.7 Å². The van der Waals surface area contributed by atoms with Gasteiger partial charge in [-0.2, -0.15) is 5.10 Å². The quantitative estimate of drug-likeness (QED) is 0.809. The number of aryl methyl sites for hydroxylation is 1. The lowest BCUT2D eigenvalue weighted by atomic mass is 9.80.